The number of hydrogen-bond donors (Lipinski definition) is 0. The van der Waals surface area contributed by atoms with Crippen molar-refractivity contribution in [2.45, 2.75) is 11.3 Å². The Balaban J connectivity index is 1.89. The third-order valence-corrected chi connectivity index (χ3v) is 5.80. The quantitative estimate of drug-likeness (QED) is 0.509. The summed E-state index contributed by atoms with van der Waals surface area (Å²) in [5, 5.41) is 0. The molecule has 2 aromatic carbocycles. The molecule has 0 saturated heterocycles. The summed E-state index contributed by atoms with van der Waals surface area (Å²) in [6.45, 7) is 0. The molecule has 0 aliphatic carbocycles. The van der Waals surface area contributed by atoms with Crippen molar-refractivity contribution in [1.82, 2.24) is 4.57 Å². The van der Waals surface area contributed by atoms with E-state index >= 15 is 0 Å². The molecule has 1 aromatic heterocycles. The van der Waals surface area contributed by atoms with Gasteiger partial charge in [0.1, 0.15) is 0 Å². The smallest absolute Gasteiger partial charge is 0.337 e. The molecule has 26 heavy (non-hydrogen) atoms. The van der Waals surface area contributed by atoms with Gasteiger partial charge in [-0.3, -0.25) is 4.79 Å². The number of thioether (sulfide) groups is 1. The molecule has 0 N–H and O–H groups in total. The molecule has 5 nitrogen and oxygen atoms in total. The summed E-state index contributed by atoms with van der Waals surface area (Å²) in [7, 11) is 3.21. The van der Waals surface area contributed by atoms with Crippen LogP contribution in [0, 0.1) is 0 Å². The lowest BCUT2D eigenvalue weighted by Gasteiger charge is -2.00. The standard InChI is InChI=1S/C19H18N2O3S2/c1-21-15-9-6-13(18(23)24-2)11-16(15)26-19(21)20-17(22)10-12-4-7-14(25-3)8-5-12/h4-9,11H,10H2,1-3H3. The van der Waals surface area contributed by atoms with E-state index in [-0.39, 0.29) is 18.3 Å². The maximum absolute atomic E-state index is 12.3. The molecule has 0 aliphatic heterocycles. The highest BCUT2D eigenvalue weighted by atomic mass is 32.2. The predicted octanol–water partition coefficient (Wildman–Crippen LogP) is 3.42. The molecule has 3 rings (SSSR count). The molecule has 0 saturated carbocycles. The number of methoxy groups -OCH3 is 1. The third kappa shape index (κ3) is 3.89. The van der Waals surface area contributed by atoms with Gasteiger partial charge in [0.2, 0.25) is 0 Å². The van der Waals surface area contributed by atoms with Gasteiger partial charge in [0.15, 0.2) is 4.80 Å². The van der Waals surface area contributed by atoms with Gasteiger partial charge in [0.05, 0.1) is 29.3 Å². The van der Waals surface area contributed by atoms with Crippen LogP contribution in [0.1, 0.15) is 15.9 Å². The minimum Gasteiger partial charge on any atom is -0.465 e. The first-order valence-corrected chi connectivity index (χ1v) is 9.94. The summed E-state index contributed by atoms with van der Waals surface area (Å²) < 4.78 is 7.49. The number of fused-ring (bicyclic) bond motifs is 1. The summed E-state index contributed by atoms with van der Waals surface area (Å²) in [6, 6.07) is 13.2. The zero-order valence-corrected chi connectivity index (χ0v) is 16.3. The Labute approximate surface area is 159 Å². The van der Waals surface area contributed by atoms with Crippen LogP contribution in [0.2, 0.25) is 0 Å². The number of ether oxygens (including phenoxy) is 1. The molecular weight excluding hydrogens is 368 g/mol. The number of carbonyl (C=O) groups is 2. The van der Waals surface area contributed by atoms with Gasteiger partial charge >= 0.3 is 5.97 Å². The largest absolute Gasteiger partial charge is 0.465 e. The second kappa shape index (κ2) is 7.88. The van der Waals surface area contributed by atoms with Crippen LogP contribution in [0.4, 0.5) is 0 Å². The van der Waals surface area contributed by atoms with Crippen LogP contribution in [0.3, 0.4) is 0 Å². The van der Waals surface area contributed by atoms with Crippen molar-refractivity contribution in [2.75, 3.05) is 13.4 Å². The normalized spacial score (nSPS) is 11.7. The van der Waals surface area contributed by atoms with E-state index in [0.717, 1.165) is 20.7 Å². The first-order chi connectivity index (χ1) is 12.5. The second-order valence-corrected chi connectivity index (χ2v) is 7.54. The van der Waals surface area contributed by atoms with Crippen molar-refractivity contribution in [3.63, 3.8) is 0 Å². The maximum atomic E-state index is 12.3. The number of benzene rings is 2. The lowest BCUT2D eigenvalue weighted by atomic mass is 10.1. The molecule has 0 fully saturated rings. The van der Waals surface area contributed by atoms with E-state index in [1.54, 1.807) is 23.9 Å². The Morgan fingerprint density at radius 3 is 2.58 bits per heavy atom. The van der Waals surface area contributed by atoms with Crippen molar-refractivity contribution >= 4 is 45.2 Å². The summed E-state index contributed by atoms with van der Waals surface area (Å²) in [5.74, 6) is -0.580. The summed E-state index contributed by atoms with van der Waals surface area (Å²) >= 11 is 3.04. The fourth-order valence-corrected chi connectivity index (χ4v) is 4.03. The van der Waals surface area contributed by atoms with Crippen molar-refractivity contribution in [3.8, 4) is 0 Å². The van der Waals surface area contributed by atoms with E-state index in [2.05, 4.69) is 4.99 Å². The van der Waals surface area contributed by atoms with Gasteiger partial charge in [-0.1, -0.05) is 23.5 Å². The highest BCUT2D eigenvalue weighted by Crippen LogP contribution is 2.19. The monoisotopic (exact) mass is 386 g/mol. The third-order valence-electron chi connectivity index (χ3n) is 3.97. The maximum Gasteiger partial charge on any atom is 0.337 e. The molecule has 0 radical (unpaired) electrons. The highest BCUT2D eigenvalue weighted by Gasteiger charge is 2.10. The lowest BCUT2D eigenvalue weighted by molar-refractivity contribution is -0.117. The van der Waals surface area contributed by atoms with E-state index < -0.39 is 0 Å². The van der Waals surface area contributed by atoms with E-state index in [1.165, 1.54) is 18.4 Å². The zero-order chi connectivity index (χ0) is 18.7. The fourth-order valence-electron chi connectivity index (χ4n) is 2.55. The number of esters is 1. The molecule has 0 atom stereocenters. The molecule has 1 amide bonds. The number of carbonyl (C=O) groups excluding carboxylic acids is 2. The molecule has 0 unspecified atom stereocenters. The van der Waals surface area contributed by atoms with Gasteiger partial charge in [-0.05, 0) is 42.2 Å². The zero-order valence-electron chi connectivity index (χ0n) is 14.7. The first-order valence-electron chi connectivity index (χ1n) is 7.90. The van der Waals surface area contributed by atoms with E-state index in [1.807, 2.05) is 48.2 Å². The van der Waals surface area contributed by atoms with E-state index in [0.29, 0.717) is 10.4 Å². The van der Waals surface area contributed by atoms with Crippen molar-refractivity contribution in [2.24, 2.45) is 12.0 Å². The molecule has 134 valence electrons. The van der Waals surface area contributed by atoms with Crippen molar-refractivity contribution in [3.05, 3.63) is 58.4 Å². The van der Waals surface area contributed by atoms with Gasteiger partial charge in [-0.15, -0.1) is 11.8 Å². The Morgan fingerprint density at radius 1 is 1.19 bits per heavy atom. The Morgan fingerprint density at radius 2 is 1.92 bits per heavy atom. The number of amides is 1. The summed E-state index contributed by atoms with van der Waals surface area (Å²) in [6.07, 6.45) is 2.28. The van der Waals surface area contributed by atoms with E-state index in [9.17, 15) is 9.59 Å². The molecule has 7 heteroatoms. The first kappa shape index (κ1) is 18.4. The van der Waals surface area contributed by atoms with Crippen LogP contribution < -0.4 is 4.80 Å². The number of nitrogens with zero attached hydrogens (tertiary/aromatic N) is 2. The Bertz CT molecular complexity index is 1030. The molecule has 1 heterocycles. The molecule has 0 spiro atoms. The topological polar surface area (TPSA) is 60.7 Å². The SMILES string of the molecule is COC(=O)c1ccc2c(c1)sc(=NC(=O)Cc1ccc(SC)cc1)n2C. The minimum atomic E-state index is -0.383. The minimum absolute atomic E-state index is 0.197. The molecule has 0 bridgehead atoms. The van der Waals surface area contributed by atoms with Crippen LogP contribution in [-0.2, 0) is 23.0 Å². The van der Waals surface area contributed by atoms with Crippen molar-refractivity contribution < 1.29 is 14.3 Å². The van der Waals surface area contributed by atoms with E-state index in [4.69, 9.17) is 4.74 Å². The van der Waals surface area contributed by atoms with Crippen LogP contribution in [0.5, 0.6) is 0 Å². The Kier molecular flexibility index (Phi) is 5.58. The van der Waals surface area contributed by atoms with Crippen LogP contribution in [0.25, 0.3) is 10.2 Å². The number of rotatable bonds is 4. The summed E-state index contributed by atoms with van der Waals surface area (Å²) in [5.41, 5.74) is 2.33. The fraction of sp³-hybridized carbons (Fsp3) is 0.211. The average Bonchev–Trinajstić information content (AvgIpc) is 2.96. The van der Waals surface area contributed by atoms with Crippen LogP contribution >= 0.6 is 23.1 Å². The van der Waals surface area contributed by atoms with Crippen molar-refractivity contribution in [1.29, 1.82) is 0 Å². The predicted molar refractivity (Wildman–Crippen MR) is 105 cm³/mol. The Hall–Kier alpha value is -2.38. The van der Waals surface area contributed by atoms with Gasteiger partial charge in [-0.25, -0.2) is 4.79 Å². The summed E-state index contributed by atoms with van der Waals surface area (Å²) in [4.78, 5) is 30.0. The molecular formula is C19H18N2O3S2. The molecule has 3 aromatic rings. The highest BCUT2D eigenvalue weighted by molar-refractivity contribution is 7.98. The lowest BCUT2D eigenvalue weighted by Crippen LogP contribution is -2.14. The second-order valence-electron chi connectivity index (χ2n) is 5.65. The number of aromatic nitrogens is 1. The average molecular weight is 386 g/mol. The van der Waals surface area contributed by atoms with Gasteiger partial charge < -0.3 is 9.30 Å². The van der Waals surface area contributed by atoms with Gasteiger partial charge in [0.25, 0.3) is 5.91 Å². The van der Waals surface area contributed by atoms with Gasteiger partial charge in [-0.2, -0.15) is 4.99 Å². The number of thiazole rings is 1. The van der Waals surface area contributed by atoms with Crippen LogP contribution in [-0.4, -0.2) is 29.8 Å². The van der Waals surface area contributed by atoms with Gasteiger partial charge in [0, 0.05) is 11.9 Å². The van der Waals surface area contributed by atoms with Crippen LogP contribution in [0.15, 0.2) is 52.4 Å². The number of aryl methyl sites for hydroxylation is 1. The molecule has 0 aliphatic rings. The number of hydrogen-bond acceptors (Lipinski definition) is 5.